The first-order valence-corrected chi connectivity index (χ1v) is 5.70. The third-order valence-corrected chi connectivity index (χ3v) is 2.89. The Hall–Kier alpha value is -2.52. The van der Waals surface area contributed by atoms with E-state index >= 15 is 0 Å². The SMILES string of the molecule is N#Cc1ccc(Cn2cc(N)c(C(N)=O)n2)c(Cl)c1. The van der Waals surface area contributed by atoms with E-state index in [0.717, 1.165) is 5.56 Å². The van der Waals surface area contributed by atoms with Crippen molar-refractivity contribution in [1.29, 1.82) is 5.26 Å². The van der Waals surface area contributed by atoms with Crippen LogP contribution in [0, 0.1) is 11.3 Å². The first-order valence-electron chi connectivity index (χ1n) is 5.32. The van der Waals surface area contributed by atoms with Gasteiger partial charge in [-0.25, -0.2) is 0 Å². The molecule has 0 saturated carbocycles. The van der Waals surface area contributed by atoms with Crippen LogP contribution in [0.25, 0.3) is 0 Å². The molecule has 0 aliphatic rings. The minimum atomic E-state index is -0.679. The predicted octanol–water partition coefficient (Wildman–Crippen LogP) is 1.14. The lowest BCUT2D eigenvalue weighted by Crippen LogP contribution is -2.14. The smallest absolute Gasteiger partial charge is 0.271 e. The van der Waals surface area contributed by atoms with Gasteiger partial charge in [0.15, 0.2) is 5.69 Å². The lowest BCUT2D eigenvalue weighted by Gasteiger charge is -2.04. The minimum Gasteiger partial charge on any atom is -0.396 e. The maximum atomic E-state index is 11.0. The molecule has 1 aromatic carbocycles. The number of primary amides is 1. The molecule has 0 bridgehead atoms. The Balaban J connectivity index is 2.29. The number of nitrogens with two attached hydrogens (primary N) is 2. The van der Waals surface area contributed by atoms with Crippen LogP contribution in [0.2, 0.25) is 5.02 Å². The summed E-state index contributed by atoms with van der Waals surface area (Å²) >= 11 is 6.05. The number of benzene rings is 1. The zero-order valence-corrected chi connectivity index (χ0v) is 10.6. The third kappa shape index (κ3) is 2.67. The fraction of sp³-hybridized carbons (Fsp3) is 0.0833. The number of hydrogen-bond donors (Lipinski definition) is 2. The summed E-state index contributed by atoms with van der Waals surface area (Å²) in [5.74, 6) is -0.679. The second kappa shape index (κ2) is 5.00. The maximum Gasteiger partial charge on any atom is 0.271 e. The summed E-state index contributed by atoms with van der Waals surface area (Å²) < 4.78 is 1.47. The molecule has 0 unspecified atom stereocenters. The molecule has 0 atom stereocenters. The molecule has 4 N–H and O–H groups in total. The molecule has 1 heterocycles. The van der Waals surface area contributed by atoms with Gasteiger partial charge < -0.3 is 11.5 Å². The molecule has 0 aliphatic carbocycles. The summed E-state index contributed by atoms with van der Waals surface area (Å²) in [5, 5.41) is 13.2. The fourth-order valence-corrected chi connectivity index (χ4v) is 1.87. The van der Waals surface area contributed by atoms with Crippen LogP contribution in [0.15, 0.2) is 24.4 Å². The molecule has 2 rings (SSSR count). The highest BCUT2D eigenvalue weighted by molar-refractivity contribution is 6.31. The maximum absolute atomic E-state index is 11.0. The number of nitrogen functional groups attached to an aromatic ring is 1. The molecule has 0 spiro atoms. The van der Waals surface area contributed by atoms with Gasteiger partial charge in [-0.05, 0) is 17.7 Å². The van der Waals surface area contributed by atoms with Gasteiger partial charge in [0.2, 0.25) is 0 Å². The lowest BCUT2D eigenvalue weighted by molar-refractivity contribution is 0.0995. The molecule has 96 valence electrons. The van der Waals surface area contributed by atoms with Crippen molar-refractivity contribution in [1.82, 2.24) is 9.78 Å². The van der Waals surface area contributed by atoms with Crippen molar-refractivity contribution >= 4 is 23.2 Å². The minimum absolute atomic E-state index is 0.0322. The topological polar surface area (TPSA) is 111 Å². The van der Waals surface area contributed by atoms with Gasteiger partial charge in [-0.3, -0.25) is 9.48 Å². The van der Waals surface area contributed by atoms with E-state index in [9.17, 15) is 4.79 Å². The number of carbonyl (C=O) groups is 1. The van der Waals surface area contributed by atoms with E-state index in [1.54, 1.807) is 18.2 Å². The summed E-state index contributed by atoms with van der Waals surface area (Å²) in [6.07, 6.45) is 1.51. The van der Waals surface area contributed by atoms with Crippen molar-refractivity contribution in [3.05, 3.63) is 46.2 Å². The Morgan fingerprint density at radius 1 is 1.53 bits per heavy atom. The van der Waals surface area contributed by atoms with Crippen molar-refractivity contribution in [2.45, 2.75) is 6.54 Å². The standard InChI is InChI=1S/C12H10ClN5O/c13-9-3-7(4-14)1-2-8(9)5-18-6-10(15)11(17-18)12(16)19/h1-3,6H,5,15H2,(H2,16,19). The molecule has 0 fully saturated rings. The van der Waals surface area contributed by atoms with Gasteiger partial charge in [-0.2, -0.15) is 10.4 Å². The van der Waals surface area contributed by atoms with Crippen LogP contribution in [-0.2, 0) is 6.54 Å². The van der Waals surface area contributed by atoms with Crippen molar-refractivity contribution in [3.63, 3.8) is 0 Å². The van der Waals surface area contributed by atoms with E-state index in [0.29, 0.717) is 17.1 Å². The van der Waals surface area contributed by atoms with Crippen LogP contribution in [0.1, 0.15) is 21.6 Å². The third-order valence-electron chi connectivity index (χ3n) is 2.54. The van der Waals surface area contributed by atoms with Crippen LogP contribution in [0.4, 0.5) is 5.69 Å². The number of hydrogen-bond acceptors (Lipinski definition) is 4. The number of halogens is 1. The van der Waals surface area contributed by atoms with E-state index in [2.05, 4.69) is 5.10 Å². The van der Waals surface area contributed by atoms with Gasteiger partial charge in [0, 0.05) is 11.2 Å². The van der Waals surface area contributed by atoms with E-state index in [1.807, 2.05) is 6.07 Å². The van der Waals surface area contributed by atoms with Gasteiger partial charge in [0.25, 0.3) is 5.91 Å². The Labute approximate surface area is 114 Å². The second-order valence-electron chi connectivity index (χ2n) is 3.91. The van der Waals surface area contributed by atoms with E-state index in [1.165, 1.54) is 10.9 Å². The van der Waals surface area contributed by atoms with E-state index < -0.39 is 5.91 Å². The second-order valence-corrected chi connectivity index (χ2v) is 4.32. The largest absolute Gasteiger partial charge is 0.396 e. The molecule has 6 nitrogen and oxygen atoms in total. The van der Waals surface area contributed by atoms with Crippen molar-refractivity contribution in [2.75, 3.05) is 5.73 Å². The summed E-state index contributed by atoms with van der Waals surface area (Å²) in [7, 11) is 0. The summed E-state index contributed by atoms with van der Waals surface area (Å²) in [6, 6.07) is 6.95. The van der Waals surface area contributed by atoms with Gasteiger partial charge in [-0.1, -0.05) is 17.7 Å². The normalized spacial score (nSPS) is 10.1. The number of carbonyl (C=O) groups excluding carboxylic acids is 1. The Morgan fingerprint density at radius 2 is 2.26 bits per heavy atom. The fourth-order valence-electron chi connectivity index (χ4n) is 1.63. The number of aromatic nitrogens is 2. The van der Waals surface area contributed by atoms with Crippen molar-refractivity contribution in [2.24, 2.45) is 5.73 Å². The summed E-state index contributed by atoms with van der Waals surface area (Å²) in [4.78, 5) is 11.0. The number of nitrogens with zero attached hydrogens (tertiary/aromatic N) is 3. The Kier molecular flexibility index (Phi) is 3.40. The number of anilines is 1. The molecule has 19 heavy (non-hydrogen) atoms. The highest BCUT2D eigenvalue weighted by Crippen LogP contribution is 2.19. The van der Waals surface area contributed by atoms with Gasteiger partial charge >= 0.3 is 0 Å². The van der Waals surface area contributed by atoms with E-state index in [4.69, 9.17) is 28.3 Å². The van der Waals surface area contributed by atoms with E-state index in [-0.39, 0.29) is 11.4 Å². The molecular weight excluding hydrogens is 266 g/mol. The number of nitriles is 1. The van der Waals surface area contributed by atoms with Gasteiger partial charge in [0.1, 0.15) is 0 Å². The molecule has 1 aromatic heterocycles. The zero-order valence-electron chi connectivity index (χ0n) is 9.80. The molecule has 0 radical (unpaired) electrons. The molecular formula is C12H10ClN5O. The highest BCUT2D eigenvalue weighted by Gasteiger charge is 2.12. The van der Waals surface area contributed by atoms with Gasteiger partial charge in [-0.15, -0.1) is 0 Å². The molecule has 2 aromatic rings. The molecule has 7 heteroatoms. The lowest BCUT2D eigenvalue weighted by atomic mass is 10.1. The quantitative estimate of drug-likeness (QED) is 0.875. The van der Waals surface area contributed by atoms with Crippen LogP contribution in [0.3, 0.4) is 0 Å². The van der Waals surface area contributed by atoms with Crippen LogP contribution in [0.5, 0.6) is 0 Å². The van der Waals surface area contributed by atoms with Crippen molar-refractivity contribution in [3.8, 4) is 6.07 Å². The van der Waals surface area contributed by atoms with Crippen molar-refractivity contribution < 1.29 is 4.79 Å². The molecule has 1 amide bonds. The average molecular weight is 276 g/mol. The predicted molar refractivity (Wildman–Crippen MR) is 70.4 cm³/mol. The van der Waals surface area contributed by atoms with Crippen LogP contribution < -0.4 is 11.5 Å². The Bertz CT molecular complexity index is 686. The van der Waals surface area contributed by atoms with Crippen LogP contribution in [-0.4, -0.2) is 15.7 Å². The Morgan fingerprint density at radius 3 is 2.79 bits per heavy atom. The molecule has 0 aliphatic heterocycles. The van der Waals surface area contributed by atoms with Gasteiger partial charge in [0.05, 0.1) is 23.9 Å². The summed E-state index contributed by atoms with van der Waals surface area (Å²) in [6.45, 7) is 0.335. The first kappa shape index (κ1) is 12.9. The molecule has 0 saturated heterocycles. The monoisotopic (exact) mass is 275 g/mol. The number of amides is 1. The highest BCUT2D eigenvalue weighted by atomic mass is 35.5. The zero-order chi connectivity index (χ0) is 14.0. The first-order chi connectivity index (χ1) is 9.01. The average Bonchev–Trinajstić information content (AvgIpc) is 2.73. The summed E-state index contributed by atoms with van der Waals surface area (Å²) in [5.41, 5.74) is 12.2. The number of rotatable bonds is 3. The van der Waals surface area contributed by atoms with Crippen LogP contribution >= 0.6 is 11.6 Å².